The molecule has 0 aromatic heterocycles. The third-order valence-electron chi connectivity index (χ3n) is 2.98. The molecule has 1 aromatic carbocycles. The summed E-state index contributed by atoms with van der Waals surface area (Å²) in [4.78, 5) is 12.7. The van der Waals surface area contributed by atoms with Gasteiger partial charge in [0.1, 0.15) is 0 Å². The molecule has 0 amide bonds. The van der Waals surface area contributed by atoms with Gasteiger partial charge in [0.15, 0.2) is 0 Å². The molecule has 1 fully saturated rings. The number of hydrogen-bond acceptors (Lipinski definition) is 3. The SMILES string of the molecule is Cc1c([N+](=O)[O-])ccc(N2CCCC2)c1Br. The maximum Gasteiger partial charge on any atom is 0.273 e. The number of nitro benzene ring substituents is 1. The van der Waals surface area contributed by atoms with E-state index >= 15 is 0 Å². The largest absolute Gasteiger partial charge is 0.371 e. The molecule has 0 atom stereocenters. The van der Waals surface area contributed by atoms with Crippen LogP contribution in [0.4, 0.5) is 11.4 Å². The minimum absolute atomic E-state index is 0.176. The Morgan fingerprint density at radius 2 is 2.00 bits per heavy atom. The van der Waals surface area contributed by atoms with E-state index in [0.29, 0.717) is 5.56 Å². The van der Waals surface area contributed by atoms with E-state index in [1.165, 1.54) is 12.8 Å². The number of rotatable bonds is 2. The highest BCUT2D eigenvalue weighted by atomic mass is 79.9. The van der Waals surface area contributed by atoms with Gasteiger partial charge in [0.2, 0.25) is 0 Å². The minimum atomic E-state index is -0.339. The van der Waals surface area contributed by atoms with Crippen molar-refractivity contribution in [2.75, 3.05) is 18.0 Å². The van der Waals surface area contributed by atoms with Crippen LogP contribution in [0.25, 0.3) is 0 Å². The third-order valence-corrected chi connectivity index (χ3v) is 3.98. The highest BCUT2D eigenvalue weighted by Gasteiger charge is 2.20. The summed E-state index contributed by atoms with van der Waals surface area (Å²) >= 11 is 3.46. The molecule has 0 N–H and O–H groups in total. The quantitative estimate of drug-likeness (QED) is 0.619. The first-order chi connectivity index (χ1) is 7.61. The maximum atomic E-state index is 10.8. The van der Waals surface area contributed by atoms with Gasteiger partial charge >= 0.3 is 0 Å². The summed E-state index contributed by atoms with van der Waals surface area (Å²) in [5, 5.41) is 10.8. The topological polar surface area (TPSA) is 46.4 Å². The normalized spacial score (nSPS) is 15.5. The molecule has 1 aromatic rings. The van der Waals surface area contributed by atoms with E-state index in [1.54, 1.807) is 13.0 Å². The Bertz CT molecular complexity index is 428. The van der Waals surface area contributed by atoms with Crippen molar-refractivity contribution < 1.29 is 4.92 Å². The summed E-state index contributed by atoms with van der Waals surface area (Å²) in [7, 11) is 0. The smallest absolute Gasteiger partial charge is 0.273 e. The first-order valence-corrected chi connectivity index (χ1v) is 6.09. The van der Waals surface area contributed by atoms with E-state index in [4.69, 9.17) is 0 Å². The predicted octanol–water partition coefficient (Wildman–Crippen LogP) is 3.27. The lowest BCUT2D eigenvalue weighted by Gasteiger charge is -2.20. The lowest BCUT2D eigenvalue weighted by molar-refractivity contribution is -0.385. The van der Waals surface area contributed by atoms with Crippen LogP contribution in [0.15, 0.2) is 16.6 Å². The second kappa shape index (κ2) is 4.41. The molecule has 1 aliphatic heterocycles. The van der Waals surface area contributed by atoms with E-state index in [9.17, 15) is 10.1 Å². The lowest BCUT2D eigenvalue weighted by Crippen LogP contribution is -2.18. The van der Waals surface area contributed by atoms with Crippen molar-refractivity contribution in [3.63, 3.8) is 0 Å². The second-order valence-corrected chi connectivity index (χ2v) is 4.79. The Balaban J connectivity index is 2.41. The van der Waals surface area contributed by atoms with E-state index in [-0.39, 0.29) is 10.6 Å². The monoisotopic (exact) mass is 284 g/mol. The zero-order valence-corrected chi connectivity index (χ0v) is 10.7. The van der Waals surface area contributed by atoms with Gasteiger partial charge in [-0.2, -0.15) is 0 Å². The van der Waals surface area contributed by atoms with Crippen molar-refractivity contribution in [3.05, 3.63) is 32.3 Å². The average Bonchev–Trinajstić information content (AvgIpc) is 2.74. The van der Waals surface area contributed by atoms with Crippen molar-refractivity contribution in [2.24, 2.45) is 0 Å². The van der Waals surface area contributed by atoms with Gasteiger partial charge in [-0.25, -0.2) is 0 Å². The maximum absolute atomic E-state index is 10.8. The molecule has 1 aliphatic rings. The van der Waals surface area contributed by atoms with E-state index in [0.717, 1.165) is 23.2 Å². The van der Waals surface area contributed by atoms with Crippen molar-refractivity contribution in [1.29, 1.82) is 0 Å². The minimum Gasteiger partial charge on any atom is -0.371 e. The highest BCUT2D eigenvalue weighted by Crippen LogP contribution is 2.36. The second-order valence-electron chi connectivity index (χ2n) is 3.99. The Kier molecular flexibility index (Phi) is 3.14. The van der Waals surface area contributed by atoms with Gasteiger partial charge in [-0.05, 0) is 41.8 Å². The fourth-order valence-electron chi connectivity index (χ4n) is 2.06. The molecule has 0 unspecified atom stereocenters. The van der Waals surface area contributed by atoms with Crippen molar-refractivity contribution in [1.82, 2.24) is 0 Å². The van der Waals surface area contributed by atoms with Gasteiger partial charge in [-0.15, -0.1) is 0 Å². The number of nitrogens with zero attached hydrogens (tertiary/aromatic N) is 2. The van der Waals surface area contributed by atoms with Crippen LogP contribution in [-0.4, -0.2) is 18.0 Å². The molecular weight excluding hydrogens is 272 g/mol. The number of benzene rings is 1. The zero-order chi connectivity index (χ0) is 11.7. The molecular formula is C11H13BrN2O2. The molecule has 16 heavy (non-hydrogen) atoms. The van der Waals surface area contributed by atoms with E-state index in [2.05, 4.69) is 20.8 Å². The van der Waals surface area contributed by atoms with Crippen LogP contribution in [0.2, 0.25) is 0 Å². The van der Waals surface area contributed by atoms with Crippen LogP contribution >= 0.6 is 15.9 Å². The summed E-state index contributed by atoms with van der Waals surface area (Å²) in [6, 6.07) is 3.42. The fourth-order valence-corrected chi connectivity index (χ4v) is 2.65. The first-order valence-electron chi connectivity index (χ1n) is 5.29. The van der Waals surface area contributed by atoms with Gasteiger partial charge in [0.25, 0.3) is 5.69 Å². The summed E-state index contributed by atoms with van der Waals surface area (Å²) < 4.78 is 0.851. The molecule has 86 valence electrons. The Morgan fingerprint density at radius 3 is 2.56 bits per heavy atom. The Labute approximate surface area is 103 Å². The van der Waals surface area contributed by atoms with Crippen LogP contribution in [0.3, 0.4) is 0 Å². The van der Waals surface area contributed by atoms with E-state index < -0.39 is 0 Å². The summed E-state index contributed by atoms with van der Waals surface area (Å²) in [5.41, 5.74) is 1.95. The Hall–Kier alpha value is -1.10. The Morgan fingerprint density at radius 1 is 1.38 bits per heavy atom. The van der Waals surface area contributed by atoms with Crippen LogP contribution in [0.5, 0.6) is 0 Å². The molecule has 1 heterocycles. The van der Waals surface area contributed by atoms with Gasteiger partial charge in [-0.3, -0.25) is 10.1 Å². The molecule has 5 heteroatoms. The molecule has 0 spiro atoms. The zero-order valence-electron chi connectivity index (χ0n) is 9.07. The summed E-state index contributed by atoms with van der Waals surface area (Å²) in [6.45, 7) is 3.85. The average molecular weight is 285 g/mol. The van der Waals surface area contributed by atoms with Gasteiger partial charge in [-0.1, -0.05) is 0 Å². The standard InChI is InChI=1S/C11H13BrN2O2/c1-8-9(14(15)16)4-5-10(11(8)12)13-6-2-3-7-13/h4-5H,2-3,6-7H2,1H3. The van der Waals surface area contributed by atoms with Gasteiger partial charge in [0, 0.05) is 24.7 Å². The lowest BCUT2D eigenvalue weighted by atomic mass is 10.1. The first kappa shape index (κ1) is 11.4. The number of hydrogen-bond donors (Lipinski definition) is 0. The molecule has 0 aliphatic carbocycles. The molecule has 1 saturated heterocycles. The number of nitro groups is 1. The predicted molar refractivity (Wildman–Crippen MR) is 67.0 cm³/mol. The van der Waals surface area contributed by atoms with Crippen molar-refractivity contribution in [2.45, 2.75) is 19.8 Å². The molecule has 2 rings (SSSR count). The van der Waals surface area contributed by atoms with Crippen molar-refractivity contribution in [3.8, 4) is 0 Å². The molecule has 0 saturated carbocycles. The fraction of sp³-hybridized carbons (Fsp3) is 0.455. The molecule has 0 radical (unpaired) electrons. The summed E-state index contributed by atoms with van der Waals surface area (Å²) in [6.07, 6.45) is 2.39. The highest BCUT2D eigenvalue weighted by molar-refractivity contribution is 9.10. The van der Waals surface area contributed by atoms with E-state index in [1.807, 2.05) is 6.07 Å². The van der Waals surface area contributed by atoms with Crippen molar-refractivity contribution >= 4 is 27.3 Å². The van der Waals surface area contributed by atoms with Crippen LogP contribution in [0.1, 0.15) is 18.4 Å². The van der Waals surface area contributed by atoms with Crippen LogP contribution in [-0.2, 0) is 0 Å². The number of anilines is 1. The molecule has 4 nitrogen and oxygen atoms in total. The third kappa shape index (κ3) is 1.91. The summed E-state index contributed by atoms with van der Waals surface area (Å²) in [5.74, 6) is 0. The van der Waals surface area contributed by atoms with Gasteiger partial charge < -0.3 is 4.90 Å². The van der Waals surface area contributed by atoms with Gasteiger partial charge in [0.05, 0.1) is 15.1 Å². The van der Waals surface area contributed by atoms with Crippen LogP contribution in [0, 0.1) is 17.0 Å². The molecule has 0 bridgehead atoms. The number of halogens is 1. The van der Waals surface area contributed by atoms with Crippen LogP contribution < -0.4 is 4.90 Å².